The molecule has 0 spiro atoms. The summed E-state index contributed by atoms with van der Waals surface area (Å²) in [5.74, 6) is 0. The van der Waals surface area contributed by atoms with E-state index in [1.54, 1.807) is 4.57 Å². The van der Waals surface area contributed by atoms with Crippen LogP contribution in [0.3, 0.4) is 0 Å². The second-order valence-electron chi connectivity index (χ2n) is 34.0. The van der Waals surface area contributed by atoms with Gasteiger partial charge in [-0.1, -0.05) is 280 Å². The summed E-state index contributed by atoms with van der Waals surface area (Å²) in [5.41, 5.74) is 25.1. The fourth-order valence-corrected chi connectivity index (χ4v) is 16.4. The Morgan fingerprint density at radius 3 is 1.30 bits per heavy atom. The third-order valence-electron chi connectivity index (χ3n) is 22.1. The molecule has 2 aliphatic heterocycles. The SMILES string of the molecule is [2H]c1c([2H])c([2H])c2c(c1[2H])c1c([2H])c([2H])c([2H])c([2H])c1n2-c1cccc2c1oc1c(N3c4cc(-n5c6ccc(C(C)(C)C)cc6c6cc(C(C)(C)C)ccc65)ccc4B4c5ccc(-c6cccc(C(C)(C)C)c6)cc5N(c5c(-c6ccccc6)cc(C(C)(C)C)cc5-c5ccccc5)c5cc(C(C)(C)C)cc3c54)cccc12. The lowest BCUT2D eigenvalue weighted by atomic mass is 9.33. The number of benzene rings is 13. The van der Waals surface area contributed by atoms with Gasteiger partial charge in [-0.3, -0.25) is 0 Å². The summed E-state index contributed by atoms with van der Waals surface area (Å²) < 4.78 is 85.8. The van der Waals surface area contributed by atoms with Gasteiger partial charge in [-0.05, 0) is 184 Å². The first-order valence-corrected chi connectivity index (χ1v) is 36.6. The van der Waals surface area contributed by atoms with Gasteiger partial charge in [0.1, 0.15) is 0 Å². The van der Waals surface area contributed by atoms with Crippen LogP contribution in [0.1, 0.15) is 143 Å². The van der Waals surface area contributed by atoms with Crippen LogP contribution >= 0.6 is 0 Å². The van der Waals surface area contributed by atoms with Crippen molar-refractivity contribution in [3.8, 4) is 44.8 Å². The molecular weight excluding hydrogens is 1260 g/mol. The molecule has 0 aliphatic carbocycles. The van der Waals surface area contributed by atoms with E-state index in [-0.39, 0.29) is 62.3 Å². The zero-order valence-corrected chi connectivity index (χ0v) is 62.1. The van der Waals surface area contributed by atoms with Crippen molar-refractivity contribution in [3.05, 3.63) is 295 Å². The van der Waals surface area contributed by atoms with Crippen molar-refractivity contribution < 1.29 is 15.4 Å². The van der Waals surface area contributed by atoms with E-state index in [4.69, 9.17) is 9.90 Å². The van der Waals surface area contributed by atoms with Crippen LogP contribution in [0.2, 0.25) is 0 Å². The number of anilines is 6. The highest BCUT2D eigenvalue weighted by Crippen LogP contribution is 2.55. The molecule has 104 heavy (non-hydrogen) atoms. The fourth-order valence-electron chi connectivity index (χ4n) is 16.4. The molecule has 2 aliphatic rings. The monoisotopic (exact) mass is 1360 g/mol. The minimum atomic E-state index is -0.507. The summed E-state index contributed by atoms with van der Waals surface area (Å²) in [5, 5.41) is 3.80. The van der Waals surface area contributed by atoms with E-state index in [0.717, 1.165) is 112 Å². The van der Waals surface area contributed by atoms with Crippen LogP contribution in [0.15, 0.2) is 271 Å². The van der Waals surface area contributed by atoms with Crippen molar-refractivity contribution in [1.82, 2.24) is 9.13 Å². The Bertz CT molecular complexity index is 6500. The van der Waals surface area contributed by atoms with Gasteiger partial charge in [0.25, 0.3) is 6.71 Å². The van der Waals surface area contributed by atoms with E-state index in [9.17, 15) is 5.48 Å². The quantitative estimate of drug-likeness (QED) is 0.149. The van der Waals surface area contributed by atoms with E-state index in [1.807, 2.05) is 18.2 Å². The van der Waals surface area contributed by atoms with Crippen molar-refractivity contribution in [2.75, 3.05) is 9.80 Å². The lowest BCUT2D eigenvalue weighted by Gasteiger charge is -2.46. The van der Waals surface area contributed by atoms with Gasteiger partial charge in [0.2, 0.25) is 0 Å². The average molecular weight is 1360 g/mol. The molecule has 0 atom stereocenters. The number of aromatic nitrogens is 2. The van der Waals surface area contributed by atoms with E-state index in [1.165, 1.54) is 33.0 Å². The number of rotatable bonds is 7. The van der Waals surface area contributed by atoms with Gasteiger partial charge in [0.05, 0.1) is 50.1 Å². The predicted molar refractivity (Wildman–Crippen MR) is 446 cm³/mol. The van der Waals surface area contributed by atoms with Crippen molar-refractivity contribution in [2.45, 2.75) is 131 Å². The Morgan fingerprint density at radius 1 is 0.298 bits per heavy atom. The van der Waals surface area contributed by atoms with Gasteiger partial charge < -0.3 is 23.4 Å². The van der Waals surface area contributed by atoms with Gasteiger partial charge in [0.15, 0.2) is 11.2 Å². The highest BCUT2D eigenvalue weighted by molar-refractivity contribution is 7.00. The maximum Gasteiger partial charge on any atom is 0.252 e. The van der Waals surface area contributed by atoms with Crippen molar-refractivity contribution in [3.63, 3.8) is 0 Å². The van der Waals surface area contributed by atoms with Gasteiger partial charge in [-0.15, -0.1) is 0 Å². The van der Waals surface area contributed by atoms with E-state index in [2.05, 4.69) is 318 Å². The van der Waals surface area contributed by atoms with Crippen LogP contribution < -0.4 is 26.2 Å². The normalized spacial score (nSPS) is 14.5. The second kappa shape index (κ2) is 23.2. The minimum Gasteiger partial charge on any atom is -0.452 e. The number of fused-ring (bicyclic) bond motifs is 13. The Kier molecular flexibility index (Phi) is 12.6. The molecule has 5 nitrogen and oxygen atoms in total. The molecule has 0 radical (unpaired) electrons. The molecular formula is C98H89BN4O. The molecule has 13 aromatic carbocycles. The Hall–Kier alpha value is -11.1. The largest absolute Gasteiger partial charge is 0.452 e. The molecule has 5 heterocycles. The van der Waals surface area contributed by atoms with Crippen LogP contribution in [0.25, 0.3) is 110 Å². The number of hydrogen-bond donors (Lipinski definition) is 0. The van der Waals surface area contributed by atoms with Gasteiger partial charge in [-0.25, -0.2) is 0 Å². The Balaban J connectivity index is 0.998. The molecule has 16 aromatic rings. The van der Waals surface area contributed by atoms with Gasteiger partial charge in [0, 0.05) is 71.9 Å². The van der Waals surface area contributed by atoms with Crippen LogP contribution in [0.4, 0.5) is 34.1 Å². The Labute approximate surface area is 624 Å². The van der Waals surface area contributed by atoms with Gasteiger partial charge >= 0.3 is 0 Å². The molecule has 0 bridgehead atoms. The summed E-state index contributed by atoms with van der Waals surface area (Å²) in [6.45, 7) is 34.0. The van der Waals surface area contributed by atoms with Crippen LogP contribution in [-0.4, -0.2) is 15.8 Å². The lowest BCUT2D eigenvalue weighted by Crippen LogP contribution is -2.61. The summed E-state index contributed by atoms with van der Waals surface area (Å²) >= 11 is 0. The van der Waals surface area contributed by atoms with Crippen molar-refractivity contribution in [2.24, 2.45) is 0 Å². The smallest absolute Gasteiger partial charge is 0.252 e. The van der Waals surface area contributed by atoms with Crippen molar-refractivity contribution >= 4 is 123 Å². The van der Waals surface area contributed by atoms with Gasteiger partial charge in [-0.2, -0.15) is 0 Å². The van der Waals surface area contributed by atoms with E-state index < -0.39 is 41.7 Å². The van der Waals surface area contributed by atoms with Crippen LogP contribution in [0, 0.1) is 0 Å². The summed E-state index contributed by atoms with van der Waals surface area (Å²) in [4.78, 5) is 5.06. The highest BCUT2D eigenvalue weighted by atomic mass is 16.3. The third-order valence-corrected chi connectivity index (χ3v) is 22.1. The molecule has 0 saturated heterocycles. The maximum atomic E-state index is 9.63. The topological polar surface area (TPSA) is 29.5 Å². The summed E-state index contributed by atoms with van der Waals surface area (Å²) in [6.07, 6.45) is 0. The molecule has 3 aromatic heterocycles. The number of nitrogens with zero attached hydrogens (tertiary/aromatic N) is 4. The van der Waals surface area contributed by atoms with Crippen LogP contribution in [-0.2, 0) is 27.1 Å². The lowest BCUT2D eigenvalue weighted by molar-refractivity contribution is 0.590. The summed E-state index contributed by atoms with van der Waals surface area (Å²) in [7, 11) is 0. The first-order valence-electron chi connectivity index (χ1n) is 40.6. The van der Waals surface area contributed by atoms with Crippen LogP contribution in [0.5, 0.6) is 0 Å². The molecule has 0 saturated carbocycles. The number of para-hydroxylation sites is 4. The molecule has 0 unspecified atom stereocenters. The molecule has 0 N–H and O–H groups in total. The zero-order valence-electron chi connectivity index (χ0n) is 70.1. The van der Waals surface area contributed by atoms with E-state index in [0.29, 0.717) is 22.2 Å². The summed E-state index contributed by atoms with van der Waals surface area (Å²) in [6, 6.07) is 77.3. The number of hydrogen-bond acceptors (Lipinski definition) is 3. The molecule has 510 valence electrons. The first kappa shape index (κ1) is 56.5. The standard InChI is InChI=1S/C98H89BN4O/c1-94(2,3)64-34-26-33-62(51-64)63-43-47-78-86(52-63)103(91-74(60-29-18-16-19-30-60)55-67(97(10,11)12)56-75(91)61-31-20-17-21-32-61)89-58-68(98(13,14)15)57-88-90(89)99(78)79-48-46-69(100-82-49-44-65(95(4,5)6)53-76(82)77-54-66(96(7,8)9)45-50-83(77)100)59-87(79)102(88)85-42-28-38-73-72-37-27-41-84(92(72)104-93(73)85)101-80-39-24-22-35-70(80)71-36-23-25-40-81(71)101/h16-59H,1-15H3/i22D,23D,24D,25D,35D,36D,39D,40D. The second-order valence-corrected chi connectivity index (χ2v) is 34.0. The van der Waals surface area contributed by atoms with Crippen molar-refractivity contribution in [1.29, 1.82) is 0 Å². The van der Waals surface area contributed by atoms with E-state index >= 15 is 0 Å². The Morgan fingerprint density at radius 2 is 0.750 bits per heavy atom. The molecule has 0 amide bonds. The number of furan rings is 1. The fraction of sp³-hybridized carbons (Fsp3) is 0.204. The maximum absolute atomic E-state index is 9.63. The highest BCUT2D eigenvalue weighted by Gasteiger charge is 2.46. The molecule has 18 rings (SSSR count). The molecule has 6 heteroatoms. The zero-order chi connectivity index (χ0) is 78.8. The average Bonchev–Trinajstić information content (AvgIpc) is 0.829. The molecule has 0 fully saturated rings. The third kappa shape index (κ3) is 10.3. The minimum absolute atomic E-state index is 0.00775. The predicted octanol–water partition coefficient (Wildman–Crippen LogP) is 25.4. The first-order chi connectivity index (χ1) is 53.1.